The molecule has 1 heterocycles. The average molecular weight is 239 g/mol. The third kappa shape index (κ3) is 5.04. The molecular formula is C11H17N3OS. The van der Waals surface area contributed by atoms with Crippen molar-refractivity contribution in [2.75, 3.05) is 25.6 Å². The van der Waals surface area contributed by atoms with Crippen LogP contribution in [0.2, 0.25) is 0 Å². The van der Waals surface area contributed by atoms with Gasteiger partial charge in [0.1, 0.15) is 0 Å². The minimum atomic E-state index is 0.614. The van der Waals surface area contributed by atoms with Gasteiger partial charge in [0.05, 0.1) is 11.9 Å². The van der Waals surface area contributed by atoms with Gasteiger partial charge in [-0.1, -0.05) is 0 Å². The van der Waals surface area contributed by atoms with Gasteiger partial charge in [-0.25, -0.2) is 0 Å². The SMILES string of the molecule is COCCCNC(=S)Nc1cncc(C)c1. The van der Waals surface area contributed by atoms with E-state index in [9.17, 15) is 0 Å². The molecule has 0 saturated heterocycles. The van der Waals surface area contributed by atoms with E-state index in [0.29, 0.717) is 5.11 Å². The van der Waals surface area contributed by atoms with Crippen LogP contribution in [0.25, 0.3) is 0 Å². The van der Waals surface area contributed by atoms with Gasteiger partial charge in [-0.15, -0.1) is 0 Å². The van der Waals surface area contributed by atoms with E-state index >= 15 is 0 Å². The molecule has 0 radical (unpaired) electrons. The van der Waals surface area contributed by atoms with Crippen LogP contribution < -0.4 is 10.6 Å². The average Bonchev–Trinajstić information content (AvgIpc) is 2.24. The van der Waals surface area contributed by atoms with Crippen molar-refractivity contribution < 1.29 is 4.74 Å². The zero-order chi connectivity index (χ0) is 11.8. The predicted molar refractivity (Wildman–Crippen MR) is 69.7 cm³/mol. The summed E-state index contributed by atoms with van der Waals surface area (Å²) in [6.07, 6.45) is 4.49. The molecule has 0 atom stereocenters. The van der Waals surface area contributed by atoms with Crippen LogP contribution in [0, 0.1) is 6.92 Å². The second-order valence-corrected chi connectivity index (χ2v) is 3.89. The molecule has 1 aromatic heterocycles. The summed E-state index contributed by atoms with van der Waals surface area (Å²) in [5, 5.41) is 6.79. The third-order valence-corrected chi connectivity index (χ3v) is 2.19. The molecule has 0 spiro atoms. The molecule has 0 aliphatic heterocycles. The Morgan fingerprint density at radius 2 is 2.31 bits per heavy atom. The summed E-state index contributed by atoms with van der Waals surface area (Å²) in [7, 11) is 1.69. The summed E-state index contributed by atoms with van der Waals surface area (Å²) in [4.78, 5) is 4.08. The molecule has 0 amide bonds. The summed E-state index contributed by atoms with van der Waals surface area (Å²) < 4.78 is 4.94. The minimum Gasteiger partial charge on any atom is -0.385 e. The maximum Gasteiger partial charge on any atom is 0.170 e. The van der Waals surface area contributed by atoms with Gasteiger partial charge in [0.15, 0.2) is 5.11 Å². The van der Waals surface area contributed by atoms with E-state index in [2.05, 4.69) is 15.6 Å². The molecule has 0 aliphatic carbocycles. The maximum atomic E-state index is 5.14. The maximum absolute atomic E-state index is 5.14. The van der Waals surface area contributed by atoms with E-state index < -0.39 is 0 Å². The van der Waals surface area contributed by atoms with Crippen LogP contribution in [-0.2, 0) is 4.74 Å². The highest BCUT2D eigenvalue weighted by Crippen LogP contribution is 2.06. The first-order valence-corrected chi connectivity index (χ1v) is 5.58. The number of rotatable bonds is 5. The number of anilines is 1. The van der Waals surface area contributed by atoms with Crippen molar-refractivity contribution in [3.63, 3.8) is 0 Å². The first-order chi connectivity index (χ1) is 7.72. The van der Waals surface area contributed by atoms with Crippen molar-refractivity contribution in [1.29, 1.82) is 0 Å². The molecule has 16 heavy (non-hydrogen) atoms. The zero-order valence-corrected chi connectivity index (χ0v) is 10.4. The molecule has 1 aromatic rings. The normalized spacial score (nSPS) is 9.88. The number of hydrogen-bond donors (Lipinski definition) is 2. The molecule has 2 N–H and O–H groups in total. The second kappa shape index (κ2) is 7.14. The van der Waals surface area contributed by atoms with Crippen molar-refractivity contribution >= 4 is 23.0 Å². The largest absolute Gasteiger partial charge is 0.385 e. The summed E-state index contributed by atoms with van der Waals surface area (Å²) in [5.74, 6) is 0. The molecule has 0 unspecified atom stereocenters. The highest BCUT2D eigenvalue weighted by atomic mass is 32.1. The number of ether oxygens (including phenoxy) is 1. The zero-order valence-electron chi connectivity index (χ0n) is 9.62. The number of thiocarbonyl (C=S) groups is 1. The fraction of sp³-hybridized carbons (Fsp3) is 0.455. The third-order valence-electron chi connectivity index (χ3n) is 1.94. The van der Waals surface area contributed by atoms with Crippen LogP contribution in [0.4, 0.5) is 5.69 Å². The quantitative estimate of drug-likeness (QED) is 0.605. The van der Waals surface area contributed by atoms with E-state index in [4.69, 9.17) is 17.0 Å². The summed E-state index contributed by atoms with van der Waals surface area (Å²) >= 11 is 5.14. The molecule has 0 aromatic carbocycles. The number of hydrogen-bond acceptors (Lipinski definition) is 3. The topological polar surface area (TPSA) is 46.2 Å². The molecule has 0 saturated carbocycles. The number of pyridine rings is 1. The Morgan fingerprint density at radius 1 is 1.50 bits per heavy atom. The van der Waals surface area contributed by atoms with Crippen molar-refractivity contribution in [3.8, 4) is 0 Å². The monoisotopic (exact) mass is 239 g/mol. The van der Waals surface area contributed by atoms with Crippen LogP contribution >= 0.6 is 12.2 Å². The minimum absolute atomic E-state index is 0.614. The van der Waals surface area contributed by atoms with Crippen molar-refractivity contribution in [1.82, 2.24) is 10.3 Å². The van der Waals surface area contributed by atoms with Crippen LogP contribution in [0.3, 0.4) is 0 Å². The number of aryl methyl sites for hydroxylation is 1. The van der Waals surface area contributed by atoms with Gasteiger partial charge in [0.25, 0.3) is 0 Å². The highest BCUT2D eigenvalue weighted by Gasteiger charge is 1.97. The first-order valence-electron chi connectivity index (χ1n) is 5.18. The Balaban J connectivity index is 2.29. The lowest BCUT2D eigenvalue weighted by atomic mass is 10.3. The molecule has 88 valence electrons. The van der Waals surface area contributed by atoms with Crippen LogP contribution in [-0.4, -0.2) is 30.4 Å². The van der Waals surface area contributed by atoms with E-state index in [1.54, 1.807) is 19.5 Å². The van der Waals surface area contributed by atoms with Crippen molar-refractivity contribution in [2.45, 2.75) is 13.3 Å². The van der Waals surface area contributed by atoms with Gasteiger partial charge in [0.2, 0.25) is 0 Å². The fourth-order valence-electron chi connectivity index (χ4n) is 1.22. The predicted octanol–water partition coefficient (Wildman–Crippen LogP) is 1.71. The molecule has 0 bridgehead atoms. The van der Waals surface area contributed by atoms with Crippen molar-refractivity contribution in [2.24, 2.45) is 0 Å². The van der Waals surface area contributed by atoms with Crippen LogP contribution in [0.1, 0.15) is 12.0 Å². The van der Waals surface area contributed by atoms with Crippen LogP contribution in [0.5, 0.6) is 0 Å². The molecular weight excluding hydrogens is 222 g/mol. The Labute approximate surface area is 101 Å². The standard InChI is InChI=1S/C11H17N3OS/c1-9-6-10(8-12-7-9)14-11(16)13-4-3-5-15-2/h6-8H,3-5H2,1-2H3,(H2,13,14,16). The lowest BCUT2D eigenvalue weighted by Crippen LogP contribution is -2.29. The van der Waals surface area contributed by atoms with E-state index in [1.807, 2.05) is 13.0 Å². The Bertz CT molecular complexity index is 344. The van der Waals surface area contributed by atoms with Crippen LogP contribution in [0.15, 0.2) is 18.5 Å². The van der Waals surface area contributed by atoms with Gasteiger partial charge in [-0.3, -0.25) is 4.98 Å². The summed E-state index contributed by atoms with van der Waals surface area (Å²) in [5.41, 5.74) is 2.01. The van der Waals surface area contributed by atoms with Gasteiger partial charge in [0, 0.05) is 26.5 Å². The lowest BCUT2D eigenvalue weighted by molar-refractivity contribution is 0.196. The summed E-state index contributed by atoms with van der Waals surface area (Å²) in [6.45, 7) is 3.54. The summed E-state index contributed by atoms with van der Waals surface area (Å²) in [6, 6.07) is 2.00. The number of aromatic nitrogens is 1. The fourth-order valence-corrected chi connectivity index (χ4v) is 1.44. The molecule has 1 rings (SSSR count). The van der Waals surface area contributed by atoms with Gasteiger partial charge in [-0.2, -0.15) is 0 Å². The molecule has 4 nitrogen and oxygen atoms in total. The van der Waals surface area contributed by atoms with E-state index in [1.165, 1.54) is 0 Å². The van der Waals surface area contributed by atoms with Gasteiger partial charge >= 0.3 is 0 Å². The number of methoxy groups -OCH3 is 1. The van der Waals surface area contributed by atoms with E-state index in [0.717, 1.165) is 30.8 Å². The van der Waals surface area contributed by atoms with E-state index in [-0.39, 0.29) is 0 Å². The van der Waals surface area contributed by atoms with Gasteiger partial charge in [-0.05, 0) is 37.2 Å². The van der Waals surface area contributed by atoms with Gasteiger partial charge < -0.3 is 15.4 Å². The Hall–Kier alpha value is -1.20. The molecule has 5 heteroatoms. The second-order valence-electron chi connectivity index (χ2n) is 3.48. The molecule has 0 fully saturated rings. The molecule has 0 aliphatic rings. The van der Waals surface area contributed by atoms with Crippen molar-refractivity contribution in [3.05, 3.63) is 24.0 Å². The number of nitrogens with zero attached hydrogens (tertiary/aromatic N) is 1. The first kappa shape index (κ1) is 12.9. The highest BCUT2D eigenvalue weighted by molar-refractivity contribution is 7.80. The Morgan fingerprint density at radius 3 is 3.00 bits per heavy atom. The number of nitrogens with one attached hydrogen (secondary N) is 2. The Kier molecular flexibility index (Phi) is 5.74. The smallest absolute Gasteiger partial charge is 0.170 e. The lowest BCUT2D eigenvalue weighted by Gasteiger charge is -2.10.